The number of ether oxygens (including phenoxy) is 1. The summed E-state index contributed by atoms with van der Waals surface area (Å²) in [5, 5.41) is 11.2. The molecule has 0 radical (unpaired) electrons. The number of nitrogens with zero attached hydrogens (tertiary/aromatic N) is 2. The first-order valence-electron chi connectivity index (χ1n) is 3.85. The molecule has 5 heteroatoms. The Labute approximate surface area is 75.8 Å². The summed E-state index contributed by atoms with van der Waals surface area (Å²) in [4.78, 5) is 4.00. The van der Waals surface area contributed by atoms with Crippen molar-refractivity contribution in [2.75, 3.05) is 6.61 Å². The first-order valence-corrected chi connectivity index (χ1v) is 3.85. The van der Waals surface area contributed by atoms with Crippen LogP contribution >= 0.6 is 0 Å². The topological polar surface area (TPSA) is 80.7 Å². The largest absolute Gasteiger partial charge is 0.478 e. The molecule has 0 amide bonds. The van der Waals surface area contributed by atoms with Gasteiger partial charge < -0.3 is 15.7 Å². The fraction of sp³-hybridized carbons (Fsp3) is 0.250. The molecular weight excluding hydrogens is 170 g/mol. The normalized spacial score (nSPS) is 11.3. The molecule has 1 heterocycles. The van der Waals surface area contributed by atoms with Crippen molar-refractivity contribution in [1.29, 1.82) is 0 Å². The Morgan fingerprint density at radius 2 is 2.46 bits per heavy atom. The minimum atomic E-state index is -0.0263. The Morgan fingerprint density at radius 3 is 3.08 bits per heavy atom. The first kappa shape index (κ1) is 9.31. The minimum Gasteiger partial charge on any atom is -0.478 e. The van der Waals surface area contributed by atoms with Crippen molar-refractivity contribution in [3.8, 4) is 5.88 Å². The number of pyridine rings is 1. The van der Waals surface area contributed by atoms with Gasteiger partial charge in [0.2, 0.25) is 5.88 Å². The van der Waals surface area contributed by atoms with Gasteiger partial charge in [-0.15, -0.1) is 0 Å². The molecule has 13 heavy (non-hydrogen) atoms. The van der Waals surface area contributed by atoms with E-state index < -0.39 is 0 Å². The van der Waals surface area contributed by atoms with Gasteiger partial charge in [-0.3, -0.25) is 0 Å². The maximum absolute atomic E-state index is 8.39. The van der Waals surface area contributed by atoms with Gasteiger partial charge in [0.15, 0.2) is 5.84 Å². The van der Waals surface area contributed by atoms with E-state index in [0.717, 1.165) is 0 Å². The molecule has 0 bridgehead atoms. The Morgan fingerprint density at radius 1 is 1.69 bits per heavy atom. The van der Waals surface area contributed by atoms with Crippen LogP contribution in [0.1, 0.15) is 12.6 Å². The number of hydrogen-bond donors (Lipinski definition) is 2. The average molecular weight is 181 g/mol. The molecule has 70 valence electrons. The third-order valence-electron chi connectivity index (χ3n) is 1.39. The fourth-order valence-corrected chi connectivity index (χ4v) is 0.837. The third kappa shape index (κ3) is 2.33. The van der Waals surface area contributed by atoms with Gasteiger partial charge in [0, 0.05) is 6.07 Å². The standard InChI is InChI=1S/C8H11N3O2/c1-2-13-7-5-3-4-6(10-7)8(9)11-12/h3-5,12H,2H2,1H3,(H2,9,11). The first-order chi connectivity index (χ1) is 6.27. The lowest BCUT2D eigenvalue weighted by Gasteiger charge is -2.02. The maximum atomic E-state index is 8.39. The molecule has 1 aromatic rings. The van der Waals surface area contributed by atoms with Gasteiger partial charge in [0.25, 0.3) is 0 Å². The Bertz CT molecular complexity index is 312. The monoisotopic (exact) mass is 181 g/mol. The summed E-state index contributed by atoms with van der Waals surface area (Å²) in [6.07, 6.45) is 0. The summed E-state index contributed by atoms with van der Waals surface area (Å²) < 4.78 is 5.14. The molecule has 0 aliphatic heterocycles. The summed E-state index contributed by atoms with van der Waals surface area (Å²) in [5.74, 6) is 0.438. The van der Waals surface area contributed by atoms with E-state index in [1.54, 1.807) is 18.2 Å². The second kappa shape index (κ2) is 4.30. The molecule has 1 aromatic heterocycles. The van der Waals surface area contributed by atoms with Crippen LogP contribution in [0, 0.1) is 0 Å². The average Bonchev–Trinajstić information content (AvgIpc) is 2.18. The van der Waals surface area contributed by atoms with Crippen LogP contribution in [0.4, 0.5) is 0 Å². The van der Waals surface area contributed by atoms with Crippen LogP contribution in [-0.4, -0.2) is 22.6 Å². The maximum Gasteiger partial charge on any atom is 0.213 e. The van der Waals surface area contributed by atoms with E-state index >= 15 is 0 Å². The van der Waals surface area contributed by atoms with Gasteiger partial charge in [-0.1, -0.05) is 11.2 Å². The SMILES string of the molecule is CCOc1cccc(C(N)=NO)n1. The number of oxime groups is 1. The van der Waals surface area contributed by atoms with Crippen molar-refractivity contribution >= 4 is 5.84 Å². The molecule has 0 saturated heterocycles. The van der Waals surface area contributed by atoms with Crippen molar-refractivity contribution in [2.24, 2.45) is 10.9 Å². The molecule has 5 nitrogen and oxygen atoms in total. The molecule has 0 aliphatic carbocycles. The molecule has 0 saturated carbocycles. The molecule has 0 spiro atoms. The van der Waals surface area contributed by atoms with Crippen LogP contribution < -0.4 is 10.5 Å². The van der Waals surface area contributed by atoms with Crippen LogP contribution in [0.5, 0.6) is 5.88 Å². The molecule has 0 fully saturated rings. The summed E-state index contributed by atoms with van der Waals surface area (Å²) in [6.45, 7) is 2.39. The van der Waals surface area contributed by atoms with E-state index in [4.69, 9.17) is 15.7 Å². The van der Waals surface area contributed by atoms with Gasteiger partial charge >= 0.3 is 0 Å². The zero-order chi connectivity index (χ0) is 9.68. The molecule has 1 rings (SSSR count). The highest BCUT2D eigenvalue weighted by atomic mass is 16.5. The minimum absolute atomic E-state index is 0.0263. The summed E-state index contributed by atoms with van der Waals surface area (Å²) in [6, 6.07) is 5.07. The summed E-state index contributed by atoms with van der Waals surface area (Å²) in [7, 11) is 0. The summed E-state index contributed by atoms with van der Waals surface area (Å²) in [5.41, 5.74) is 5.74. The van der Waals surface area contributed by atoms with Crippen molar-refractivity contribution < 1.29 is 9.94 Å². The van der Waals surface area contributed by atoms with Crippen LogP contribution in [0.3, 0.4) is 0 Å². The quantitative estimate of drug-likeness (QED) is 0.309. The lowest BCUT2D eigenvalue weighted by Crippen LogP contribution is -2.15. The van der Waals surface area contributed by atoms with Gasteiger partial charge in [0.05, 0.1) is 6.61 Å². The molecule has 0 atom stereocenters. The van der Waals surface area contributed by atoms with E-state index in [1.807, 2.05) is 6.92 Å². The second-order valence-corrected chi connectivity index (χ2v) is 2.28. The van der Waals surface area contributed by atoms with Crippen molar-refractivity contribution in [3.63, 3.8) is 0 Å². The number of rotatable bonds is 3. The Hall–Kier alpha value is -1.78. The van der Waals surface area contributed by atoms with Gasteiger partial charge in [0.1, 0.15) is 5.69 Å². The predicted octanol–water partition coefficient (Wildman–Crippen LogP) is 0.575. The fourth-order valence-electron chi connectivity index (χ4n) is 0.837. The summed E-state index contributed by atoms with van der Waals surface area (Å²) >= 11 is 0. The zero-order valence-corrected chi connectivity index (χ0v) is 7.27. The third-order valence-corrected chi connectivity index (χ3v) is 1.39. The van der Waals surface area contributed by atoms with Gasteiger partial charge in [-0.25, -0.2) is 4.98 Å². The molecule has 0 aromatic carbocycles. The van der Waals surface area contributed by atoms with Crippen molar-refractivity contribution in [3.05, 3.63) is 23.9 Å². The second-order valence-electron chi connectivity index (χ2n) is 2.28. The van der Waals surface area contributed by atoms with E-state index in [0.29, 0.717) is 18.2 Å². The highest BCUT2D eigenvalue weighted by Gasteiger charge is 2.01. The number of hydrogen-bond acceptors (Lipinski definition) is 4. The van der Waals surface area contributed by atoms with E-state index in [2.05, 4.69) is 10.1 Å². The Balaban J connectivity index is 2.91. The molecular formula is C8H11N3O2. The van der Waals surface area contributed by atoms with Gasteiger partial charge in [-0.2, -0.15) is 0 Å². The Kier molecular flexibility index (Phi) is 3.08. The van der Waals surface area contributed by atoms with Gasteiger partial charge in [-0.05, 0) is 13.0 Å². The van der Waals surface area contributed by atoms with Crippen molar-refractivity contribution in [2.45, 2.75) is 6.92 Å². The van der Waals surface area contributed by atoms with Crippen LogP contribution in [0.15, 0.2) is 23.4 Å². The van der Waals surface area contributed by atoms with E-state index in [1.165, 1.54) is 0 Å². The number of nitrogens with two attached hydrogens (primary N) is 1. The zero-order valence-electron chi connectivity index (χ0n) is 7.27. The van der Waals surface area contributed by atoms with E-state index in [9.17, 15) is 0 Å². The molecule has 3 N–H and O–H groups in total. The van der Waals surface area contributed by atoms with Crippen LogP contribution in [-0.2, 0) is 0 Å². The lowest BCUT2D eigenvalue weighted by molar-refractivity contribution is 0.317. The lowest BCUT2D eigenvalue weighted by atomic mass is 10.3. The van der Waals surface area contributed by atoms with Crippen molar-refractivity contribution in [1.82, 2.24) is 4.98 Å². The predicted molar refractivity (Wildman–Crippen MR) is 47.9 cm³/mol. The van der Waals surface area contributed by atoms with E-state index in [-0.39, 0.29) is 5.84 Å². The number of amidine groups is 1. The number of aromatic nitrogens is 1. The molecule has 0 unspecified atom stereocenters. The smallest absolute Gasteiger partial charge is 0.213 e. The molecule has 0 aliphatic rings. The van der Waals surface area contributed by atoms with Crippen LogP contribution in [0.2, 0.25) is 0 Å². The van der Waals surface area contributed by atoms with Crippen LogP contribution in [0.25, 0.3) is 0 Å². The highest BCUT2D eigenvalue weighted by Crippen LogP contribution is 2.06. The highest BCUT2D eigenvalue weighted by molar-refractivity contribution is 5.95.